The summed E-state index contributed by atoms with van der Waals surface area (Å²) in [5.74, 6) is -0.361. The van der Waals surface area contributed by atoms with Crippen LogP contribution in [0.1, 0.15) is 12.5 Å². The number of nitro groups is 1. The zero-order valence-corrected chi connectivity index (χ0v) is 8.96. The molecular formula is C9H9ClN2O3. The number of hydrogen-bond donors (Lipinski definition) is 1. The van der Waals surface area contributed by atoms with Gasteiger partial charge in [-0.1, -0.05) is 11.6 Å². The Labute approximate surface area is 91.2 Å². The third kappa shape index (κ3) is 2.44. The minimum atomic E-state index is -0.563. The number of nitro benzene ring substituents is 1. The van der Waals surface area contributed by atoms with Gasteiger partial charge in [-0.3, -0.25) is 14.9 Å². The maximum Gasteiger partial charge on any atom is 0.297 e. The molecule has 0 bridgehead atoms. The van der Waals surface area contributed by atoms with Gasteiger partial charge in [-0.2, -0.15) is 0 Å². The molecule has 0 saturated carbocycles. The standard InChI is InChI=1S/C9H9ClN2O3/c1-5-7(10)3-4-8(11-6(2)13)9(5)12(14)15/h3-4H,1-2H3,(H,11,13). The maximum atomic E-state index is 10.8. The first-order valence-electron chi connectivity index (χ1n) is 4.14. The summed E-state index contributed by atoms with van der Waals surface area (Å²) < 4.78 is 0. The van der Waals surface area contributed by atoms with E-state index in [1.54, 1.807) is 0 Å². The number of carbonyl (C=O) groups is 1. The van der Waals surface area contributed by atoms with Crippen molar-refractivity contribution in [3.63, 3.8) is 0 Å². The lowest BCUT2D eigenvalue weighted by atomic mass is 10.1. The van der Waals surface area contributed by atoms with E-state index in [-0.39, 0.29) is 17.3 Å². The molecule has 1 amide bonds. The van der Waals surface area contributed by atoms with Crippen molar-refractivity contribution in [1.82, 2.24) is 0 Å². The van der Waals surface area contributed by atoms with E-state index in [1.165, 1.54) is 26.0 Å². The third-order valence-electron chi connectivity index (χ3n) is 1.86. The molecule has 1 N–H and O–H groups in total. The van der Waals surface area contributed by atoms with Gasteiger partial charge in [0.15, 0.2) is 0 Å². The van der Waals surface area contributed by atoms with Crippen LogP contribution in [0.4, 0.5) is 11.4 Å². The van der Waals surface area contributed by atoms with E-state index >= 15 is 0 Å². The molecule has 6 heteroatoms. The molecule has 80 valence electrons. The van der Waals surface area contributed by atoms with Crippen LogP contribution in [0.25, 0.3) is 0 Å². The molecule has 0 saturated heterocycles. The Hall–Kier alpha value is -1.62. The van der Waals surface area contributed by atoms with Gasteiger partial charge in [0, 0.05) is 12.5 Å². The number of nitrogens with zero attached hydrogens (tertiary/aromatic N) is 1. The monoisotopic (exact) mass is 228 g/mol. The highest BCUT2D eigenvalue weighted by Gasteiger charge is 2.20. The Bertz CT molecular complexity index is 432. The smallest absolute Gasteiger partial charge is 0.297 e. The van der Waals surface area contributed by atoms with Gasteiger partial charge in [0.05, 0.1) is 9.95 Å². The van der Waals surface area contributed by atoms with Crippen molar-refractivity contribution < 1.29 is 9.72 Å². The highest BCUT2D eigenvalue weighted by molar-refractivity contribution is 6.31. The second kappa shape index (κ2) is 4.27. The number of hydrogen-bond acceptors (Lipinski definition) is 3. The van der Waals surface area contributed by atoms with Crippen molar-refractivity contribution in [1.29, 1.82) is 0 Å². The summed E-state index contributed by atoms with van der Waals surface area (Å²) in [5.41, 5.74) is 0.333. The summed E-state index contributed by atoms with van der Waals surface area (Å²) in [7, 11) is 0. The normalized spacial score (nSPS) is 9.80. The minimum absolute atomic E-state index is 0.161. The Morgan fingerprint density at radius 3 is 2.60 bits per heavy atom. The summed E-state index contributed by atoms with van der Waals surface area (Å²) in [6, 6.07) is 2.92. The van der Waals surface area contributed by atoms with E-state index in [9.17, 15) is 14.9 Å². The number of benzene rings is 1. The van der Waals surface area contributed by atoms with Crippen LogP contribution in [0.2, 0.25) is 5.02 Å². The fraction of sp³-hybridized carbons (Fsp3) is 0.222. The van der Waals surface area contributed by atoms with Crippen molar-refractivity contribution in [3.8, 4) is 0 Å². The summed E-state index contributed by atoms with van der Waals surface area (Å²) in [5, 5.41) is 13.5. The molecular weight excluding hydrogens is 220 g/mol. The van der Waals surface area contributed by atoms with Gasteiger partial charge in [0.2, 0.25) is 5.91 Å². The van der Waals surface area contributed by atoms with E-state index in [0.29, 0.717) is 10.6 Å². The lowest BCUT2D eigenvalue weighted by molar-refractivity contribution is -0.384. The van der Waals surface area contributed by atoms with Gasteiger partial charge >= 0.3 is 0 Å². The van der Waals surface area contributed by atoms with Crippen LogP contribution in [0.3, 0.4) is 0 Å². The Kier molecular flexibility index (Phi) is 3.26. The van der Waals surface area contributed by atoms with Crippen molar-refractivity contribution in [3.05, 3.63) is 32.8 Å². The van der Waals surface area contributed by atoms with Crippen LogP contribution in [0.5, 0.6) is 0 Å². The molecule has 5 nitrogen and oxygen atoms in total. The second-order valence-electron chi connectivity index (χ2n) is 3.01. The Balaban J connectivity index is 3.33. The van der Waals surface area contributed by atoms with Crippen LogP contribution in [0, 0.1) is 17.0 Å². The van der Waals surface area contributed by atoms with Crippen molar-refractivity contribution in [2.75, 3.05) is 5.32 Å². The summed E-state index contributed by atoms with van der Waals surface area (Å²) >= 11 is 5.75. The van der Waals surface area contributed by atoms with Crippen LogP contribution < -0.4 is 5.32 Å². The van der Waals surface area contributed by atoms with Crippen molar-refractivity contribution in [2.45, 2.75) is 13.8 Å². The fourth-order valence-corrected chi connectivity index (χ4v) is 1.35. The molecule has 1 aromatic rings. The predicted molar refractivity (Wildman–Crippen MR) is 57.1 cm³/mol. The molecule has 1 aromatic carbocycles. The highest BCUT2D eigenvalue weighted by Crippen LogP contribution is 2.32. The first kappa shape index (κ1) is 11.5. The van der Waals surface area contributed by atoms with Gasteiger partial charge < -0.3 is 5.32 Å². The quantitative estimate of drug-likeness (QED) is 0.624. The molecule has 0 fully saturated rings. The van der Waals surface area contributed by atoms with Crippen molar-refractivity contribution in [2.24, 2.45) is 0 Å². The Morgan fingerprint density at radius 1 is 1.53 bits per heavy atom. The molecule has 0 atom stereocenters. The van der Waals surface area contributed by atoms with Crippen LogP contribution >= 0.6 is 11.6 Å². The average Bonchev–Trinajstić information content (AvgIpc) is 2.10. The molecule has 0 aromatic heterocycles. The maximum absolute atomic E-state index is 10.8. The van der Waals surface area contributed by atoms with E-state index in [2.05, 4.69) is 5.32 Å². The van der Waals surface area contributed by atoms with E-state index in [1.807, 2.05) is 0 Å². The number of anilines is 1. The lowest BCUT2D eigenvalue weighted by Gasteiger charge is -2.06. The average molecular weight is 229 g/mol. The predicted octanol–water partition coefficient (Wildman–Crippen LogP) is 2.52. The van der Waals surface area contributed by atoms with E-state index < -0.39 is 4.92 Å². The third-order valence-corrected chi connectivity index (χ3v) is 2.27. The topological polar surface area (TPSA) is 72.2 Å². The molecule has 0 heterocycles. The van der Waals surface area contributed by atoms with Gasteiger partial charge in [-0.15, -0.1) is 0 Å². The van der Waals surface area contributed by atoms with E-state index in [0.717, 1.165) is 0 Å². The molecule has 15 heavy (non-hydrogen) atoms. The molecule has 0 aliphatic rings. The first-order chi connectivity index (χ1) is 6.93. The number of rotatable bonds is 2. The molecule has 0 aliphatic carbocycles. The minimum Gasteiger partial charge on any atom is -0.321 e. The number of nitrogens with one attached hydrogen (secondary N) is 1. The largest absolute Gasteiger partial charge is 0.321 e. The van der Waals surface area contributed by atoms with Crippen LogP contribution in [0.15, 0.2) is 12.1 Å². The first-order valence-corrected chi connectivity index (χ1v) is 4.52. The number of carbonyl (C=O) groups excluding carboxylic acids is 1. The van der Waals surface area contributed by atoms with Gasteiger partial charge in [0.25, 0.3) is 5.69 Å². The molecule has 0 radical (unpaired) electrons. The van der Waals surface area contributed by atoms with Crippen LogP contribution in [-0.4, -0.2) is 10.8 Å². The second-order valence-corrected chi connectivity index (χ2v) is 3.41. The SMILES string of the molecule is CC(=O)Nc1ccc(Cl)c(C)c1[N+](=O)[O-]. The molecule has 0 spiro atoms. The van der Waals surface area contributed by atoms with Crippen LogP contribution in [-0.2, 0) is 4.79 Å². The Morgan fingerprint density at radius 2 is 2.13 bits per heavy atom. The fourth-order valence-electron chi connectivity index (χ4n) is 1.20. The van der Waals surface area contributed by atoms with Gasteiger partial charge in [-0.25, -0.2) is 0 Å². The van der Waals surface area contributed by atoms with Gasteiger partial charge in [0.1, 0.15) is 5.69 Å². The summed E-state index contributed by atoms with van der Waals surface area (Å²) in [6.07, 6.45) is 0. The molecule has 0 aliphatic heterocycles. The number of halogens is 1. The number of amides is 1. The summed E-state index contributed by atoms with van der Waals surface area (Å²) in [6.45, 7) is 2.82. The summed E-state index contributed by atoms with van der Waals surface area (Å²) in [4.78, 5) is 21.0. The lowest BCUT2D eigenvalue weighted by Crippen LogP contribution is -2.08. The van der Waals surface area contributed by atoms with E-state index in [4.69, 9.17) is 11.6 Å². The van der Waals surface area contributed by atoms with Gasteiger partial charge in [-0.05, 0) is 19.1 Å². The molecule has 0 unspecified atom stereocenters. The zero-order chi connectivity index (χ0) is 11.6. The highest BCUT2D eigenvalue weighted by atomic mass is 35.5. The van der Waals surface area contributed by atoms with Crippen molar-refractivity contribution >= 4 is 28.9 Å². The molecule has 1 rings (SSSR count). The zero-order valence-electron chi connectivity index (χ0n) is 8.20.